The molecule has 5 nitrogen and oxygen atoms in total. The minimum atomic E-state index is -0.325. The Labute approximate surface area is 151 Å². The van der Waals surface area contributed by atoms with Crippen molar-refractivity contribution >= 4 is 17.4 Å². The lowest BCUT2D eigenvalue weighted by atomic mass is 10.2. The Hall–Kier alpha value is -2.58. The van der Waals surface area contributed by atoms with Gasteiger partial charge in [-0.2, -0.15) is 5.26 Å². The van der Waals surface area contributed by atoms with Crippen molar-refractivity contribution < 1.29 is 0 Å². The molecule has 0 unspecified atom stereocenters. The molecule has 0 saturated heterocycles. The number of fused-ring (bicyclic) bond motifs is 1. The van der Waals surface area contributed by atoms with E-state index in [0.29, 0.717) is 22.2 Å². The van der Waals surface area contributed by atoms with Crippen molar-refractivity contribution in [3.63, 3.8) is 0 Å². The first-order valence-electron chi connectivity index (χ1n) is 8.35. The first-order valence-corrected chi connectivity index (χ1v) is 8.73. The molecule has 0 spiro atoms. The van der Waals surface area contributed by atoms with Gasteiger partial charge in [0.1, 0.15) is 11.6 Å². The average Bonchev–Trinajstić information content (AvgIpc) is 3.04. The van der Waals surface area contributed by atoms with E-state index in [0.717, 1.165) is 31.4 Å². The molecule has 0 fully saturated rings. The number of hydrogen-bond acceptors (Lipinski definition) is 3. The van der Waals surface area contributed by atoms with Crippen molar-refractivity contribution in [1.82, 2.24) is 14.0 Å². The molecule has 128 valence electrons. The fourth-order valence-corrected chi connectivity index (χ4v) is 3.07. The maximum absolute atomic E-state index is 12.6. The van der Waals surface area contributed by atoms with E-state index in [1.165, 1.54) is 4.40 Å². The van der Waals surface area contributed by atoms with Gasteiger partial charge in [-0.3, -0.25) is 4.79 Å². The summed E-state index contributed by atoms with van der Waals surface area (Å²) in [4.78, 5) is 17.3. The summed E-state index contributed by atoms with van der Waals surface area (Å²) in [5.41, 5.74) is 2.08. The Morgan fingerprint density at radius 1 is 1.24 bits per heavy atom. The molecule has 0 saturated carbocycles. The summed E-state index contributed by atoms with van der Waals surface area (Å²) in [5.74, 6) is 0.572. The molecule has 0 atom stereocenters. The highest BCUT2D eigenvalue weighted by Crippen LogP contribution is 2.22. The predicted molar refractivity (Wildman–Crippen MR) is 98.9 cm³/mol. The molecule has 0 N–H and O–H groups in total. The Morgan fingerprint density at radius 2 is 1.96 bits per heavy atom. The van der Waals surface area contributed by atoms with Crippen LogP contribution >= 0.6 is 11.6 Å². The van der Waals surface area contributed by atoms with Gasteiger partial charge in [0, 0.05) is 29.0 Å². The summed E-state index contributed by atoms with van der Waals surface area (Å²) in [6.07, 6.45) is 4.86. The fraction of sp³-hybridized carbons (Fsp3) is 0.316. The zero-order chi connectivity index (χ0) is 18.0. The normalized spacial score (nSPS) is 11.0. The number of unbranched alkanes of at least 4 members (excludes halogenated alkanes) is 2. The van der Waals surface area contributed by atoms with Crippen LogP contribution in [0.1, 0.15) is 37.4 Å². The van der Waals surface area contributed by atoms with Gasteiger partial charge in [-0.1, -0.05) is 43.5 Å². The van der Waals surface area contributed by atoms with Gasteiger partial charge in [0.05, 0.1) is 5.69 Å². The molecule has 2 aromatic heterocycles. The van der Waals surface area contributed by atoms with Crippen molar-refractivity contribution in [2.24, 2.45) is 0 Å². The highest BCUT2D eigenvalue weighted by Gasteiger charge is 2.17. The largest absolute Gasteiger partial charge is 0.314 e. The minimum Gasteiger partial charge on any atom is -0.314 e. The molecule has 2 heterocycles. The Kier molecular flexibility index (Phi) is 4.91. The zero-order valence-electron chi connectivity index (χ0n) is 14.3. The van der Waals surface area contributed by atoms with Crippen LogP contribution in [-0.2, 0) is 6.54 Å². The molecule has 25 heavy (non-hydrogen) atoms. The van der Waals surface area contributed by atoms with Gasteiger partial charge < -0.3 is 4.57 Å². The molecular formula is C19H19ClN4O. The SMILES string of the molecule is CCCCCn1c(C)c(C#N)c(=O)n2cc(-c3ccc(Cl)cc3)nc12. The predicted octanol–water partition coefficient (Wildman–Crippen LogP) is 4.19. The maximum Gasteiger partial charge on any atom is 0.277 e. The second kappa shape index (κ2) is 7.12. The lowest BCUT2D eigenvalue weighted by molar-refractivity contribution is 0.589. The van der Waals surface area contributed by atoms with E-state index < -0.39 is 0 Å². The molecule has 1 aromatic carbocycles. The van der Waals surface area contributed by atoms with Gasteiger partial charge in [-0.15, -0.1) is 0 Å². The second-order valence-electron chi connectivity index (χ2n) is 6.04. The molecule has 0 aliphatic heterocycles. The standard InChI is InChI=1S/C19H19ClN4O/c1-3-4-5-10-23-13(2)16(11-21)18(25)24-12-17(22-19(23)24)14-6-8-15(20)9-7-14/h6-9,12H,3-5,10H2,1-2H3. The van der Waals surface area contributed by atoms with Gasteiger partial charge >= 0.3 is 0 Å². The number of nitriles is 1. The third-order valence-corrected chi connectivity index (χ3v) is 4.62. The van der Waals surface area contributed by atoms with E-state index in [1.54, 1.807) is 18.3 Å². The molecule has 3 aromatic rings. The fourth-order valence-electron chi connectivity index (χ4n) is 2.95. The Morgan fingerprint density at radius 3 is 2.60 bits per heavy atom. The van der Waals surface area contributed by atoms with Gasteiger partial charge in [0.2, 0.25) is 5.78 Å². The highest BCUT2D eigenvalue weighted by molar-refractivity contribution is 6.30. The topological polar surface area (TPSA) is 63.1 Å². The van der Waals surface area contributed by atoms with E-state index in [1.807, 2.05) is 29.7 Å². The lowest BCUT2D eigenvalue weighted by Crippen LogP contribution is -2.23. The number of hydrogen-bond donors (Lipinski definition) is 0. The summed E-state index contributed by atoms with van der Waals surface area (Å²) >= 11 is 5.94. The number of aromatic nitrogens is 3. The summed E-state index contributed by atoms with van der Waals surface area (Å²) in [5, 5.41) is 10.0. The second-order valence-corrected chi connectivity index (χ2v) is 6.48. The highest BCUT2D eigenvalue weighted by atomic mass is 35.5. The summed E-state index contributed by atoms with van der Waals surface area (Å²) in [6.45, 7) is 4.68. The van der Waals surface area contributed by atoms with Gasteiger partial charge in [-0.05, 0) is 25.5 Å². The van der Waals surface area contributed by atoms with E-state index in [4.69, 9.17) is 11.6 Å². The van der Waals surface area contributed by atoms with Crippen molar-refractivity contribution in [3.8, 4) is 17.3 Å². The van der Waals surface area contributed by atoms with E-state index in [9.17, 15) is 10.1 Å². The van der Waals surface area contributed by atoms with Crippen molar-refractivity contribution in [3.05, 3.63) is 57.1 Å². The van der Waals surface area contributed by atoms with Gasteiger partial charge in [0.25, 0.3) is 5.56 Å². The van der Waals surface area contributed by atoms with Crippen LogP contribution in [0.3, 0.4) is 0 Å². The van der Waals surface area contributed by atoms with Crippen LogP contribution in [0.15, 0.2) is 35.3 Å². The smallest absolute Gasteiger partial charge is 0.277 e. The molecule has 0 aliphatic rings. The Balaban J connectivity index is 2.21. The van der Waals surface area contributed by atoms with Crippen LogP contribution in [0, 0.1) is 18.3 Å². The number of rotatable bonds is 5. The first kappa shape index (κ1) is 17.2. The molecule has 0 aliphatic carbocycles. The van der Waals surface area contributed by atoms with Gasteiger partial charge in [-0.25, -0.2) is 9.38 Å². The first-order chi connectivity index (χ1) is 12.1. The molecule has 0 radical (unpaired) electrons. The number of imidazole rings is 1. The lowest BCUT2D eigenvalue weighted by Gasteiger charge is -2.13. The molecule has 6 heteroatoms. The van der Waals surface area contributed by atoms with Crippen LogP contribution in [0.5, 0.6) is 0 Å². The summed E-state index contributed by atoms with van der Waals surface area (Å²) in [7, 11) is 0. The molecule has 0 bridgehead atoms. The van der Waals surface area contributed by atoms with Crippen LogP contribution in [0.4, 0.5) is 0 Å². The number of nitrogens with zero attached hydrogens (tertiary/aromatic N) is 4. The van der Waals surface area contributed by atoms with Crippen LogP contribution in [0.2, 0.25) is 5.02 Å². The number of aryl methyl sites for hydroxylation is 1. The number of halogens is 1. The van der Waals surface area contributed by atoms with Crippen molar-refractivity contribution in [2.75, 3.05) is 0 Å². The number of benzene rings is 1. The third-order valence-electron chi connectivity index (χ3n) is 4.37. The van der Waals surface area contributed by atoms with Crippen LogP contribution in [0.25, 0.3) is 17.0 Å². The van der Waals surface area contributed by atoms with Crippen LogP contribution < -0.4 is 5.56 Å². The maximum atomic E-state index is 12.6. The quantitative estimate of drug-likeness (QED) is 0.645. The van der Waals surface area contributed by atoms with Gasteiger partial charge in [0.15, 0.2) is 0 Å². The van der Waals surface area contributed by atoms with E-state index in [2.05, 4.69) is 11.9 Å². The van der Waals surface area contributed by atoms with Crippen molar-refractivity contribution in [2.45, 2.75) is 39.7 Å². The molecular weight excluding hydrogens is 336 g/mol. The summed E-state index contributed by atoms with van der Waals surface area (Å²) in [6, 6.07) is 9.37. The minimum absolute atomic E-state index is 0.170. The van der Waals surface area contributed by atoms with Crippen LogP contribution in [-0.4, -0.2) is 14.0 Å². The Bertz CT molecular complexity index is 1010. The van der Waals surface area contributed by atoms with Crippen molar-refractivity contribution in [1.29, 1.82) is 5.26 Å². The third kappa shape index (κ3) is 3.18. The van der Waals surface area contributed by atoms with E-state index >= 15 is 0 Å². The average molecular weight is 355 g/mol. The monoisotopic (exact) mass is 354 g/mol. The van der Waals surface area contributed by atoms with E-state index in [-0.39, 0.29) is 11.1 Å². The molecule has 0 amide bonds. The summed E-state index contributed by atoms with van der Waals surface area (Å²) < 4.78 is 3.44. The zero-order valence-corrected chi connectivity index (χ0v) is 15.0. The molecule has 3 rings (SSSR count).